The number of likely N-dealkylation sites (N-methyl/N-ethyl adjacent to an activating group) is 1. The van der Waals surface area contributed by atoms with Crippen molar-refractivity contribution in [1.29, 1.82) is 0 Å². The molecule has 2 rings (SSSR count). The lowest BCUT2D eigenvalue weighted by Gasteiger charge is -2.32. The van der Waals surface area contributed by atoms with Crippen LogP contribution in [-0.2, 0) is 9.59 Å². The summed E-state index contributed by atoms with van der Waals surface area (Å²) in [5.74, 6) is 0.220. The first-order valence-electron chi connectivity index (χ1n) is 9.07. The van der Waals surface area contributed by atoms with E-state index >= 15 is 0 Å². The Bertz CT molecular complexity index is 665. The molecule has 1 fully saturated rings. The number of amides is 2. The van der Waals surface area contributed by atoms with Crippen LogP contribution in [0.1, 0.15) is 32.8 Å². The molecule has 1 aliphatic rings. The lowest BCUT2D eigenvalue weighted by Crippen LogP contribution is -2.42. The summed E-state index contributed by atoms with van der Waals surface area (Å²) in [5.41, 5.74) is 1.44. The van der Waals surface area contributed by atoms with Gasteiger partial charge in [-0.05, 0) is 59.5 Å². The van der Waals surface area contributed by atoms with Crippen LogP contribution in [0.5, 0.6) is 5.75 Å². The number of carbonyl (C=O) groups excluding carboxylic acids is 2. The van der Waals surface area contributed by atoms with Crippen LogP contribution in [0.4, 0.5) is 5.69 Å². The van der Waals surface area contributed by atoms with Gasteiger partial charge in [-0.15, -0.1) is 0 Å². The summed E-state index contributed by atoms with van der Waals surface area (Å²) < 4.78 is 5.83. The summed E-state index contributed by atoms with van der Waals surface area (Å²) in [7, 11) is 3.97. The molecule has 1 aromatic carbocycles. The fourth-order valence-corrected chi connectivity index (χ4v) is 2.97. The third-order valence-electron chi connectivity index (χ3n) is 4.49. The Morgan fingerprint density at radius 2 is 2.04 bits per heavy atom. The Hall–Kier alpha value is -2.08. The Labute approximate surface area is 156 Å². The molecule has 0 radical (unpaired) electrons. The first kappa shape index (κ1) is 20.2. The topological polar surface area (TPSA) is 61.9 Å². The summed E-state index contributed by atoms with van der Waals surface area (Å²) >= 11 is 0. The average molecular weight is 361 g/mol. The van der Waals surface area contributed by atoms with Gasteiger partial charge in [0.15, 0.2) is 0 Å². The maximum absolute atomic E-state index is 12.7. The molecular formula is C20H31N3O3. The van der Waals surface area contributed by atoms with Crippen molar-refractivity contribution in [1.82, 2.24) is 9.80 Å². The number of nitrogens with zero attached hydrogens (tertiary/aromatic N) is 2. The Morgan fingerprint density at radius 3 is 2.62 bits per heavy atom. The van der Waals surface area contributed by atoms with Gasteiger partial charge in [-0.25, -0.2) is 0 Å². The molecule has 1 aromatic rings. The smallest absolute Gasteiger partial charge is 0.229 e. The molecule has 6 nitrogen and oxygen atoms in total. The standard InChI is InChI=1S/C20H31N3O3/c1-14-7-8-17(26-10-9-22(5)6)16(11-14)21-19(25)15-12-18(24)23(13-15)20(2,3)4/h7-8,11,15H,9-10,12-13H2,1-6H3,(H,21,25)/t15-/m0/s1. The second kappa shape index (κ2) is 8.08. The van der Waals surface area contributed by atoms with E-state index in [2.05, 4.69) is 5.32 Å². The summed E-state index contributed by atoms with van der Waals surface area (Å²) in [5, 5.41) is 2.97. The molecule has 1 aliphatic heterocycles. The molecule has 0 spiro atoms. The lowest BCUT2D eigenvalue weighted by molar-refractivity contribution is -0.131. The molecule has 0 aliphatic carbocycles. The minimum absolute atomic E-state index is 0.0318. The minimum Gasteiger partial charge on any atom is -0.490 e. The second-order valence-electron chi connectivity index (χ2n) is 8.22. The highest BCUT2D eigenvalue weighted by atomic mass is 16.5. The van der Waals surface area contributed by atoms with E-state index in [-0.39, 0.29) is 29.7 Å². The van der Waals surface area contributed by atoms with Crippen LogP contribution < -0.4 is 10.1 Å². The number of rotatable bonds is 6. The SMILES string of the molecule is Cc1ccc(OCCN(C)C)c(NC(=O)[C@H]2CC(=O)N(C(C)(C)C)C2)c1. The van der Waals surface area contributed by atoms with Gasteiger partial charge in [0.25, 0.3) is 0 Å². The van der Waals surface area contributed by atoms with E-state index in [4.69, 9.17) is 4.74 Å². The molecule has 1 N–H and O–H groups in total. The molecule has 0 bridgehead atoms. The highest BCUT2D eigenvalue weighted by Crippen LogP contribution is 2.29. The molecule has 1 atom stereocenters. The van der Waals surface area contributed by atoms with Crippen molar-refractivity contribution < 1.29 is 14.3 Å². The van der Waals surface area contributed by atoms with E-state index in [9.17, 15) is 9.59 Å². The van der Waals surface area contributed by atoms with Crippen molar-refractivity contribution in [2.24, 2.45) is 5.92 Å². The molecule has 0 saturated carbocycles. The number of hydrogen-bond donors (Lipinski definition) is 1. The number of likely N-dealkylation sites (tertiary alicyclic amines) is 1. The van der Waals surface area contributed by atoms with E-state index in [1.807, 2.05) is 64.9 Å². The summed E-state index contributed by atoms with van der Waals surface area (Å²) in [6, 6.07) is 5.74. The summed E-state index contributed by atoms with van der Waals surface area (Å²) in [4.78, 5) is 28.8. The monoisotopic (exact) mass is 361 g/mol. The van der Waals surface area contributed by atoms with Crippen LogP contribution in [0.15, 0.2) is 18.2 Å². The molecule has 1 saturated heterocycles. The van der Waals surface area contributed by atoms with Crippen molar-refractivity contribution in [3.05, 3.63) is 23.8 Å². The van der Waals surface area contributed by atoms with E-state index in [0.29, 0.717) is 24.6 Å². The van der Waals surface area contributed by atoms with Gasteiger partial charge in [-0.1, -0.05) is 6.07 Å². The highest BCUT2D eigenvalue weighted by molar-refractivity contribution is 5.98. The summed E-state index contributed by atoms with van der Waals surface area (Å²) in [6.07, 6.45) is 0.256. The van der Waals surface area contributed by atoms with Crippen molar-refractivity contribution in [2.45, 2.75) is 39.7 Å². The van der Waals surface area contributed by atoms with E-state index < -0.39 is 0 Å². The van der Waals surface area contributed by atoms with Gasteiger partial charge in [0.1, 0.15) is 12.4 Å². The van der Waals surface area contributed by atoms with E-state index in [1.54, 1.807) is 4.90 Å². The number of carbonyl (C=O) groups is 2. The number of hydrogen-bond acceptors (Lipinski definition) is 4. The van der Waals surface area contributed by atoms with Gasteiger partial charge < -0.3 is 19.9 Å². The first-order valence-corrected chi connectivity index (χ1v) is 9.07. The van der Waals surface area contributed by atoms with Gasteiger partial charge in [0.05, 0.1) is 11.6 Å². The van der Waals surface area contributed by atoms with Crippen LogP contribution in [-0.4, -0.2) is 60.9 Å². The number of nitrogens with one attached hydrogen (secondary N) is 1. The zero-order valence-electron chi connectivity index (χ0n) is 16.8. The van der Waals surface area contributed by atoms with E-state index in [1.165, 1.54) is 0 Å². The van der Waals surface area contributed by atoms with Crippen LogP contribution in [0.25, 0.3) is 0 Å². The van der Waals surface area contributed by atoms with E-state index in [0.717, 1.165) is 12.1 Å². The molecule has 0 unspecified atom stereocenters. The molecule has 26 heavy (non-hydrogen) atoms. The zero-order chi connectivity index (χ0) is 19.5. The molecule has 0 aromatic heterocycles. The van der Waals surface area contributed by atoms with Crippen LogP contribution in [0.2, 0.25) is 0 Å². The summed E-state index contributed by atoms with van der Waals surface area (Å²) in [6.45, 7) is 9.72. The average Bonchev–Trinajstić information content (AvgIpc) is 2.91. The van der Waals surface area contributed by atoms with Gasteiger partial charge >= 0.3 is 0 Å². The van der Waals surface area contributed by atoms with Crippen molar-refractivity contribution in [2.75, 3.05) is 39.1 Å². The van der Waals surface area contributed by atoms with Crippen molar-refractivity contribution in [3.63, 3.8) is 0 Å². The highest BCUT2D eigenvalue weighted by Gasteiger charge is 2.39. The van der Waals surface area contributed by atoms with Gasteiger partial charge in [-0.3, -0.25) is 9.59 Å². The largest absolute Gasteiger partial charge is 0.490 e. The number of anilines is 1. The quantitative estimate of drug-likeness (QED) is 0.846. The predicted octanol–water partition coefficient (Wildman–Crippen LogP) is 2.52. The zero-order valence-corrected chi connectivity index (χ0v) is 16.8. The molecule has 2 amide bonds. The Kier molecular flexibility index (Phi) is 6.29. The van der Waals surface area contributed by atoms with Crippen LogP contribution in [0.3, 0.4) is 0 Å². The van der Waals surface area contributed by atoms with Gasteiger partial charge in [0.2, 0.25) is 11.8 Å². The first-order chi connectivity index (χ1) is 12.1. The molecular weight excluding hydrogens is 330 g/mol. The predicted molar refractivity (Wildman–Crippen MR) is 103 cm³/mol. The number of ether oxygens (including phenoxy) is 1. The third kappa shape index (κ3) is 5.21. The third-order valence-corrected chi connectivity index (χ3v) is 4.49. The molecule has 144 valence electrons. The van der Waals surface area contributed by atoms with Crippen LogP contribution in [0, 0.1) is 12.8 Å². The van der Waals surface area contributed by atoms with Crippen LogP contribution >= 0.6 is 0 Å². The second-order valence-corrected chi connectivity index (χ2v) is 8.22. The minimum atomic E-state index is -0.336. The van der Waals surface area contributed by atoms with Crippen molar-refractivity contribution >= 4 is 17.5 Å². The fourth-order valence-electron chi connectivity index (χ4n) is 2.97. The van der Waals surface area contributed by atoms with Gasteiger partial charge in [0, 0.05) is 25.0 Å². The maximum Gasteiger partial charge on any atom is 0.229 e. The van der Waals surface area contributed by atoms with Gasteiger partial charge in [-0.2, -0.15) is 0 Å². The Morgan fingerprint density at radius 1 is 1.35 bits per heavy atom. The van der Waals surface area contributed by atoms with Crippen molar-refractivity contribution in [3.8, 4) is 5.75 Å². The normalized spacial score (nSPS) is 17.7. The molecule has 1 heterocycles. The Balaban J connectivity index is 2.06. The maximum atomic E-state index is 12.7. The number of aryl methyl sites for hydroxylation is 1. The lowest BCUT2D eigenvalue weighted by atomic mass is 10.1. The number of benzene rings is 1. The molecule has 6 heteroatoms. The fraction of sp³-hybridized carbons (Fsp3) is 0.600.